The summed E-state index contributed by atoms with van der Waals surface area (Å²) in [5.41, 5.74) is 1.76. The number of ether oxygens (including phenoxy) is 1. The van der Waals surface area contributed by atoms with Crippen LogP contribution in [0.2, 0.25) is 5.02 Å². The number of nitrogens with zero attached hydrogens (tertiary/aromatic N) is 3. The highest BCUT2D eigenvalue weighted by Crippen LogP contribution is 2.36. The van der Waals surface area contributed by atoms with Crippen molar-refractivity contribution in [2.75, 3.05) is 0 Å². The second-order valence-electron chi connectivity index (χ2n) is 4.66. The van der Waals surface area contributed by atoms with Gasteiger partial charge in [0.15, 0.2) is 5.69 Å². The Labute approximate surface area is 135 Å². The van der Waals surface area contributed by atoms with Crippen LogP contribution in [0.4, 0.5) is 4.39 Å². The number of hydrogen-bond donors (Lipinski definition) is 0. The Kier molecular flexibility index (Phi) is 4.43. The van der Waals surface area contributed by atoms with Crippen molar-refractivity contribution in [3.05, 3.63) is 32.0 Å². The van der Waals surface area contributed by atoms with Gasteiger partial charge in [-0.3, -0.25) is 0 Å². The summed E-state index contributed by atoms with van der Waals surface area (Å²) in [6.07, 6.45) is -1.53. The van der Waals surface area contributed by atoms with E-state index in [9.17, 15) is 9.60 Å². The van der Waals surface area contributed by atoms with E-state index >= 15 is 0 Å². The second kappa shape index (κ2) is 5.81. The van der Waals surface area contributed by atoms with Crippen molar-refractivity contribution in [3.8, 4) is 17.3 Å². The molecule has 0 saturated carbocycles. The average Bonchev–Trinajstić information content (AvgIpc) is 2.64. The van der Waals surface area contributed by atoms with Gasteiger partial charge in [-0.1, -0.05) is 11.6 Å². The third kappa shape index (κ3) is 2.85. The lowest BCUT2D eigenvalue weighted by molar-refractivity contribution is -0.601. The fraction of sp³-hybridized carbons (Fsp3) is 0.385. The first kappa shape index (κ1) is 16.0. The number of aryl methyl sites for hydroxylation is 2. The van der Waals surface area contributed by atoms with Crippen LogP contribution in [-0.2, 0) is 7.05 Å². The maximum atomic E-state index is 13.0. The Morgan fingerprint density at radius 2 is 2.14 bits per heavy atom. The summed E-state index contributed by atoms with van der Waals surface area (Å²) in [4.78, 5) is 0. The monoisotopic (exact) mass is 377 g/mol. The molecule has 2 aromatic rings. The zero-order chi connectivity index (χ0) is 15.9. The predicted molar refractivity (Wildman–Crippen MR) is 81.0 cm³/mol. The molecule has 0 aliphatic carbocycles. The third-order valence-electron chi connectivity index (χ3n) is 3.01. The minimum absolute atomic E-state index is 0.0849. The van der Waals surface area contributed by atoms with Crippen molar-refractivity contribution in [1.82, 2.24) is 9.78 Å². The maximum Gasteiger partial charge on any atom is 0.249 e. The molecule has 2 aromatic heterocycles. The van der Waals surface area contributed by atoms with Gasteiger partial charge in [0.25, 0.3) is 0 Å². The normalized spacial score (nSPS) is 12.5. The van der Waals surface area contributed by atoms with E-state index in [-0.39, 0.29) is 16.6 Å². The zero-order valence-electron chi connectivity index (χ0n) is 11.9. The number of hydrogen-bond acceptors (Lipinski definition) is 3. The average molecular weight is 379 g/mol. The van der Waals surface area contributed by atoms with Crippen LogP contribution < -0.4 is 9.47 Å². The van der Waals surface area contributed by atoms with Crippen molar-refractivity contribution in [2.24, 2.45) is 7.05 Å². The van der Waals surface area contributed by atoms with Gasteiger partial charge in [-0.15, -0.1) is 0 Å². The molecule has 0 aliphatic heterocycles. The van der Waals surface area contributed by atoms with Crippen LogP contribution in [0.15, 0.2) is 10.5 Å². The van der Waals surface area contributed by atoms with Crippen molar-refractivity contribution in [1.29, 1.82) is 0 Å². The molecule has 0 radical (unpaired) electrons. The van der Waals surface area contributed by atoms with Crippen LogP contribution in [0.1, 0.15) is 18.2 Å². The van der Waals surface area contributed by atoms with Gasteiger partial charge < -0.3 is 9.94 Å². The predicted octanol–water partition coefficient (Wildman–Crippen LogP) is 3.45. The number of halogens is 3. The molecule has 0 amide bonds. The summed E-state index contributed by atoms with van der Waals surface area (Å²) < 4.78 is 20.8. The van der Waals surface area contributed by atoms with Crippen LogP contribution >= 0.6 is 27.5 Å². The smallest absolute Gasteiger partial charge is 0.249 e. The minimum Gasteiger partial charge on any atom is -0.618 e. The molecular weight excluding hydrogens is 365 g/mol. The molecule has 2 rings (SSSR count). The summed E-state index contributed by atoms with van der Waals surface area (Å²) in [6, 6.07) is 1.81. The lowest BCUT2D eigenvalue weighted by atomic mass is 10.1. The summed E-state index contributed by atoms with van der Waals surface area (Å²) in [7, 11) is 1.57. The lowest BCUT2D eigenvalue weighted by Crippen LogP contribution is -2.34. The van der Waals surface area contributed by atoms with Crippen molar-refractivity contribution in [2.45, 2.75) is 27.1 Å². The molecule has 2 heterocycles. The van der Waals surface area contributed by atoms with E-state index in [1.807, 2.05) is 6.07 Å². The quantitative estimate of drug-likeness (QED) is 0.607. The van der Waals surface area contributed by atoms with Crippen LogP contribution in [0.3, 0.4) is 0 Å². The molecule has 114 valence electrons. The molecule has 0 aliphatic rings. The minimum atomic E-state index is -1.53. The molecule has 0 fully saturated rings. The van der Waals surface area contributed by atoms with Gasteiger partial charge in [-0.2, -0.15) is 9.83 Å². The molecule has 1 atom stereocenters. The lowest BCUT2D eigenvalue weighted by Gasteiger charge is -2.10. The molecule has 8 heteroatoms. The van der Waals surface area contributed by atoms with E-state index in [1.54, 1.807) is 20.9 Å². The first-order valence-electron chi connectivity index (χ1n) is 6.16. The summed E-state index contributed by atoms with van der Waals surface area (Å²) in [5.74, 6) is 0.0849. The van der Waals surface area contributed by atoms with Gasteiger partial charge in [0.05, 0.1) is 4.47 Å². The molecule has 0 spiro atoms. The largest absolute Gasteiger partial charge is 0.618 e. The second-order valence-corrected chi connectivity index (χ2v) is 5.89. The Hall–Kier alpha value is -1.34. The van der Waals surface area contributed by atoms with Crippen LogP contribution in [-0.4, -0.2) is 16.1 Å². The first-order chi connectivity index (χ1) is 9.73. The Bertz CT molecular complexity index is 703. The van der Waals surface area contributed by atoms with E-state index in [4.69, 9.17) is 16.3 Å². The van der Waals surface area contributed by atoms with E-state index in [0.29, 0.717) is 21.4 Å². The Morgan fingerprint density at radius 3 is 2.71 bits per heavy atom. The summed E-state index contributed by atoms with van der Waals surface area (Å²) in [5, 5.41) is 16.7. The van der Waals surface area contributed by atoms with Crippen molar-refractivity contribution >= 4 is 27.5 Å². The topological polar surface area (TPSA) is 54.0 Å². The molecule has 21 heavy (non-hydrogen) atoms. The fourth-order valence-corrected chi connectivity index (χ4v) is 2.79. The van der Waals surface area contributed by atoms with E-state index < -0.39 is 6.36 Å². The number of pyridine rings is 1. The Morgan fingerprint density at radius 1 is 1.52 bits per heavy atom. The van der Waals surface area contributed by atoms with E-state index in [2.05, 4.69) is 21.0 Å². The SMILES string of the molecule is Cc1cc(Br)c(C)[n+]([O-])c1-c1nn(C)c(OC(C)F)c1Cl. The van der Waals surface area contributed by atoms with Gasteiger partial charge in [-0.05, 0) is 28.9 Å². The Balaban J connectivity index is 2.66. The number of aromatic nitrogens is 3. The van der Waals surface area contributed by atoms with Crippen molar-refractivity contribution in [3.63, 3.8) is 0 Å². The molecule has 0 bridgehead atoms. The zero-order valence-corrected chi connectivity index (χ0v) is 14.3. The van der Waals surface area contributed by atoms with Gasteiger partial charge in [0, 0.05) is 26.5 Å². The molecule has 0 aromatic carbocycles. The van der Waals surface area contributed by atoms with Gasteiger partial charge in [0.1, 0.15) is 5.02 Å². The number of rotatable bonds is 3. The van der Waals surface area contributed by atoms with Crippen LogP contribution in [0.5, 0.6) is 5.88 Å². The van der Waals surface area contributed by atoms with E-state index in [0.717, 1.165) is 4.73 Å². The van der Waals surface area contributed by atoms with Gasteiger partial charge >= 0.3 is 0 Å². The highest BCUT2D eigenvalue weighted by molar-refractivity contribution is 9.10. The summed E-state index contributed by atoms with van der Waals surface area (Å²) in [6.45, 7) is 4.70. The first-order valence-corrected chi connectivity index (χ1v) is 7.34. The highest BCUT2D eigenvalue weighted by Gasteiger charge is 2.27. The number of alkyl halides is 1. The third-order valence-corrected chi connectivity index (χ3v) is 4.15. The van der Waals surface area contributed by atoms with Gasteiger partial charge in [-0.25, -0.2) is 9.07 Å². The van der Waals surface area contributed by atoms with Crippen molar-refractivity contribution < 1.29 is 13.9 Å². The maximum absolute atomic E-state index is 13.0. The highest BCUT2D eigenvalue weighted by atomic mass is 79.9. The molecule has 0 N–H and O–H groups in total. The summed E-state index contributed by atoms with van der Waals surface area (Å²) >= 11 is 9.53. The van der Waals surface area contributed by atoms with Gasteiger partial charge in [0.2, 0.25) is 23.6 Å². The van der Waals surface area contributed by atoms with E-state index in [1.165, 1.54) is 11.6 Å². The van der Waals surface area contributed by atoms with Crippen LogP contribution in [0.25, 0.3) is 11.4 Å². The standard InChI is InChI=1S/C13H14BrClFN3O2/c1-6-5-9(14)7(2)19(20)12(6)11-10(15)13(18(4)17-11)21-8(3)16/h5,8H,1-4H3. The molecule has 5 nitrogen and oxygen atoms in total. The molecular formula is C13H14BrClFN3O2. The molecule has 0 saturated heterocycles. The molecule has 1 unspecified atom stereocenters. The van der Waals surface area contributed by atoms with Crippen LogP contribution in [0, 0.1) is 19.1 Å². The fourth-order valence-electron chi connectivity index (χ4n) is 1.99.